The van der Waals surface area contributed by atoms with Gasteiger partial charge < -0.3 is 15.2 Å². The van der Waals surface area contributed by atoms with Crippen LogP contribution in [0.5, 0.6) is 11.5 Å². The third-order valence-electron chi connectivity index (χ3n) is 2.35. The highest BCUT2D eigenvalue weighted by Gasteiger charge is 2.16. The third-order valence-corrected chi connectivity index (χ3v) is 2.74. The summed E-state index contributed by atoms with van der Waals surface area (Å²) in [5.41, 5.74) is 6.82. The van der Waals surface area contributed by atoms with E-state index >= 15 is 0 Å². The minimum absolute atomic E-state index is 0. The molecule has 0 saturated carbocycles. The smallest absolute Gasteiger partial charge is 0.179 e. The van der Waals surface area contributed by atoms with Gasteiger partial charge in [0.2, 0.25) is 0 Å². The molecule has 0 fully saturated rings. The van der Waals surface area contributed by atoms with E-state index in [-0.39, 0.29) is 18.4 Å². The van der Waals surface area contributed by atoms with Crippen LogP contribution in [0.3, 0.4) is 0 Å². The second-order valence-electron chi connectivity index (χ2n) is 3.22. The standard InChI is InChI=1S/C11H16ClNO2.ClH/c1-4-8(13)7-5-6-9(14-2)11(15-3)10(7)12;/h5-6,8H,4,13H2,1-3H3;1H/t8-;/m0./s1. The van der Waals surface area contributed by atoms with Crippen LogP contribution in [0.15, 0.2) is 12.1 Å². The van der Waals surface area contributed by atoms with Gasteiger partial charge in [-0.25, -0.2) is 0 Å². The molecule has 1 atom stereocenters. The Labute approximate surface area is 107 Å². The van der Waals surface area contributed by atoms with Crippen molar-refractivity contribution < 1.29 is 9.47 Å². The van der Waals surface area contributed by atoms with Crippen molar-refractivity contribution in [3.63, 3.8) is 0 Å². The number of ether oxygens (including phenoxy) is 2. The fourth-order valence-electron chi connectivity index (χ4n) is 1.41. The normalized spacial score (nSPS) is 11.6. The second kappa shape index (κ2) is 6.84. The lowest BCUT2D eigenvalue weighted by Crippen LogP contribution is -2.09. The molecule has 1 aromatic carbocycles. The van der Waals surface area contributed by atoms with Crippen molar-refractivity contribution in [1.29, 1.82) is 0 Å². The van der Waals surface area contributed by atoms with E-state index in [0.29, 0.717) is 16.5 Å². The molecule has 0 radical (unpaired) electrons. The predicted molar refractivity (Wildman–Crippen MR) is 69.0 cm³/mol. The average Bonchev–Trinajstić information content (AvgIpc) is 2.27. The van der Waals surface area contributed by atoms with Crippen molar-refractivity contribution in [2.75, 3.05) is 14.2 Å². The molecule has 1 aromatic rings. The van der Waals surface area contributed by atoms with Gasteiger partial charge in [-0.05, 0) is 18.1 Å². The van der Waals surface area contributed by atoms with Gasteiger partial charge in [0.15, 0.2) is 11.5 Å². The van der Waals surface area contributed by atoms with Crippen LogP contribution in [0.2, 0.25) is 5.02 Å². The Morgan fingerprint density at radius 3 is 2.38 bits per heavy atom. The van der Waals surface area contributed by atoms with E-state index in [1.165, 1.54) is 0 Å². The highest BCUT2D eigenvalue weighted by Crippen LogP contribution is 2.39. The molecule has 0 aromatic heterocycles. The van der Waals surface area contributed by atoms with Crippen molar-refractivity contribution in [1.82, 2.24) is 0 Å². The van der Waals surface area contributed by atoms with E-state index in [1.807, 2.05) is 19.1 Å². The Hall–Kier alpha value is -0.640. The lowest BCUT2D eigenvalue weighted by Gasteiger charge is -2.16. The molecule has 0 saturated heterocycles. The zero-order valence-electron chi connectivity index (χ0n) is 9.62. The Balaban J connectivity index is 0.00000225. The van der Waals surface area contributed by atoms with Crippen LogP contribution in [-0.2, 0) is 0 Å². The quantitative estimate of drug-likeness (QED) is 0.910. The SMILES string of the molecule is CC[C@H](N)c1ccc(OC)c(OC)c1Cl.Cl. The van der Waals surface area contributed by atoms with Gasteiger partial charge >= 0.3 is 0 Å². The molecule has 2 N–H and O–H groups in total. The number of halogens is 2. The first-order valence-corrected chi connectivity index (χ1v) is 5.19. The Morgan fingerprint density at radius 2 is 1.94 bits per heavy atom. The van der Waals surface area contributed by atoms with Crippen LogP contribution >= 0.6 is 24.0 Å². The topological polar surface area (TPSA) is 44.5 Å². The molecule has 0 bridgehead atoms. The summed E-state index contributed by atoms with van der Waals surface area (Å²) in [6, 6.07) is 3.62. The molecule has 0 heterocycles. The van der Waals surface area contributed by atoms with Crippen LogP contribution in [-0.4, -0.2) is 14.2 Å². The molecule has 0 aliphatic carbocycles. The van der Waals surface area contributed by atoms with Crippen molar-refractivity contribution in [2.45, 2.75) is 19.4 Å². The van der Waals surface area contributed by atoms with Crippen LogP contribution in [0, 0.1) is 0 Å². The van der Waals surface area contributed by atoms with Gasteiger partial charge in [0.25, 0.3) is 0 Å². The summed E-state index contributed by atoms with van der Waals surface area (Å²) in [4.78, 5) is 0. The Kier molecular flexibility index (Phi) is 6.56. The van der Waals surface area contributed by atoms with Gasteiger partial charge in [-0.15, -0.1) is 12.4 Å². The summed E-state index contributed by atoms with van der Waals surface area (Å²) >= 11 is 6.18. The molecule has 0 amide bonds. The number of nitrogens with two attached hydrogens (primary N) is 1. The molecule has 16 heavy (non-hydrogen) atoms. The highest BCUT2D eigenvalue weighted by atomic mass is 35.5. The summed E-state index contributed by atoms with van der Waals surface area (Å²) in [6.45, 7) is 2.01. The molecule has 92 valence electrons. The first-order chi connectivity index (χ1) is 7.15. The number of hydrogen-bond donors (Lipinski definition) is 1. The van der Waals surface area contributed by atoms with E-state index in [1.54, 1.807) is 14.2 Å². The molecule has 3 nitrogen and oxygen atoms in total. The number of rotatable bonds is 4. The zero-order chi connectivity index (χ0) is 11.4. The van der Waals surface area contributed by atoms with Crippen molar-refractivity contribution in [2.24, 2.45) is 5.73 Å². The fraction of sp³-hybridized carbons (Fsp3) is 0.455. The largest absolute Gasteiger partial charge is 0.493 e. The summed E-state index contributed by atoms with van der Waals surface area (Å²) in [5, 5.41) is 0.534. The number of benzene rings is 1. The van der Waals surface area contributed by atoms with E-state index in [4.69, 9.17) is 26.8 Å². The van der Waals surface area contributed by atoms with Gasteiger partial charge in [0.1, 0.15) is 0 Å². The van der Waals surface area contributed by atoms with Crippen LogP contribution in [0.25, 0.3) is 0 Å². The molecule has 0 aliphatic rings. The van der Waals surface area contributed by atoms with Crippen LogP contribution in [0.1, 0.15) is 24.9 Å². The highest BCUT2D eigenvalue weighted by molar-refractivity contribution is 6.33. The lowest BCUT2D eigenvalue weighted by atomic mass is 10.0. The first kappa shape index (κ1) is 15.4. The lowest BCUT2D eigenvalue weighted by molar-refractivity contribution is 0.354. The van der Waals surface area contributed by atoms with Gasteiger partial charge in [-0.1, -0.05) is 24.6 Å². The third kappa shape index (κ3) is 2.94. The van der Waals surface area contributed by atoms with Crippen molar-refractivity contribution >= 4 is 24.0 Å². The predicted octanol–water partition coefficient (Wildman–Crippen LogP) is 3.19. The molecule has 0 unspecified atom stereocenters. The summed E-state index contributed by atoms with van der Waals surface area (Å²) in [5.74, 6) is 1.16. The van der Waals surface area contributed by atoms with Crippen LogP contribution in [0.4, 0.5) is 0 Å². The number of hydrogen-bond acceptors (Lipinski definition) is 3. The Bertz CT molecular complexity index is 345. The molecule has 5 heteroatoms. The molecule has 0 aliphatic heterocycles. The minimum Gasteiger partial charge on any atom is -0.493 e. The molecular formula is C11H17Cl2NO2. The van der Waals surface area contributed by atoms with Crippen molar-refractivity contribution in [3.05, 3.63) is 22.7 Å². The fourth-order valence-corrected chi connectivity index (χ4v) is 1.78. The van der Waals surface area contributed by atoms with E-state index in [2.05, 4.69) is 0 Å². The van der Waals surface area contributed by atoms with E-state index in [9.17, 15) is 0 Å². The summed E-state index contributed by atoms with van der Waals surface area (Å²) < 4.78 is 10.3. The van der Waals surface area contributed by atoms with E-state index in [0.717, 1.165) is 12.0 Å². The second-order valence-corrected chi connectivity index (χ2v) is 3.60. The van der Waals surface area contributed by atoms with E-state index < -0.39 is 0 Å². The first-order valence-electron chi connectivity index (χ1n) is 4.81. The molecular weight excluding hydrogens is 249 g/mol. The van der Waals surface area contributed by atoms with Gasteiger partial charge in [0.05, 0.1) is 19.2 Å². The molecule has 0 spiro atoms. The van der Waals surface area contributed by atoms with Crippen LogP contribution < -0.4 is 15.2 Å². The Morgan fingerprint density at radius 1 is 1.31 bits per heavy atom. The maximum absolute atomic E-state index is 6.18. The maximum atomic E-state index is 6.18. The van der Waals surface area contributed by atoms with Gasteiger partial charge in [-0.3, -0.25) is 0 Å². The summed E-state index contributed by atoms with van der Waals surface area (Å²) in [7, 11) is 3.14. The van der Waals surface area contributed by atoms with Gasteiger partial charge in [0, 0.05) is 6.04 Å². The molecule has 1 rings (SSSR count). The number of methoxy groups -OCH3 is 2. The maximum Gasteiger partial charge on any atom is 0.179 e. The minimum atomic E-state index is -0.0719. The monoisotopic (exact) mass is 265 g/mol. The average molecular weight is 266 g/mol. The summed E-state index contributed by atoms with van der Waals surface area (Å²) in [6.07, 6.45) is 0.829. The van der Waals surface area contributed by atoms with Gasteiger partial charge in [-0.2, -0.15) is 0 Å². The van der Waals surface area contributed by atoms with Crippen molar-refractivity contribution in [3.8, 4) is 11.5 Å². The zero-order valence-corrected chi connectivity index (χ0v) is 11.2.